The van der Waals surface area contributed by atoms with Crippen molar-refractivity contribution in [3.8, 4) is 11.5 Å². The van der Waals surface area contributed by atoms with Gasteiger partial charge in [0.05, 0.1) is 12.7 Å². The molecule has 0 unspecified atom stereocenters. The van der Waals surface area contributed by atoms with Crippen LogP contribution in [-0.4, -0.2) is 60.8 Å². The van der Waals surface area contributed by atoms with Crippen LogP contribution in [0.15, 0.2) is 48.5 Å². The molecule has 0 saturated carbocycles. The van der Waals surface area contributed by atoms with E-state index in [0.29, 0.717) is 22.6 Å². The molecule has 0 atom stereocenters. The Hall–Kier alpha value is -4.24. The van der Waals surface area contributed by atoms with Gasteiger partial charge in [-0.2, -0.15) is 0 Å². The molecule has 230 valence electrons. The third-order valence-corrected chi connectivity index (χ3v) is 4.04. The van der Waals surface area contributed by atoms with E-state index in [1.807, 2.05) is 5.43 Å². The number of rotatable bonds is 8. The maximum absolute atomic E-state index is 11.5. The van der Waals surface area contributed by atoms with Gasteiger partial charge in [0.25, 0.3) is 5.91 Å². The second-order valence-electron chi connectivity index (χ2n) is 9.77. The molecule has 0 bridgehead atoms. The number of nitrogens with two attached hydrogens (primary N) is 3. The minimum absolute atomic E-state index is 0. The summed E-state index contributed by atoms with van der Waals surface area (Å²) in [6.45, 7) is 10.2. The Kier molecular flexibility index (Phi) is 18.0. The number of amides is 1. The minimum Gasteiger partial charge on any atom is -0.482 e. The van der Waals surface area contributed by atoms with Gasteiger partial charge in [0, 0.05) is 5.56 Å². The van der Waals surface area contributed by atoms with Crippen molar-refractivity contribution in [1.29, 1.82) is 0 Å². The van der Waals surface area contributed by atoms with E-state index in [9.17, 15) is 19.2 Å². The highest BCUT2D eigenvalue weighted by atomic mass is 16.6. The summed E-state index contributed by atoms with van der Waals surface area (Å²) in [6.07, 6.45) is 0. The first kappa shape index (κ1) is 38.9. The van der Waals surface area contributed by atoms with Crippen molar-refractivity contribution in [3.05, 3.63) is 59.7 Å². The summed E-state index contributed by atoms with van der Waals surface area (Å²) < 4.78 is 25.3. The molecule has 0 aliphatic heterocycles. The van der Waals surface area contributed by atoms with Crippen LogP contribution in [0.1, 0.15) is 62.3 Å². The molecule has 14 nitrogen and oxygen atoms in total. The number of ether oxygens (including phenoxy) is 5. The third-order valence-electron chi connectivity index (χ3n) is 4.04. The Labute approximate surface area is 239 Å². The van der Waals surface area contributed by atoms with Crippen molar-refractivity contribution in [3.63, 3.8) is 0 Å². The summed E-state index contributed by atoms with van der Waals surface area (Å²) in [5.74, 6) is 12.0. The second-order valence-corrected chi connectivity index (χ2v) is 9.77. The Morgan fingerprint density at radius 1 is 0.732 bits per heavy atom. The van der Waals surface area contributed by atoms with Crippen molar-refractivity contribution in [2.45, 2.75) is 52.7 Å². The lowest BCUT2D eigenvalue weighted by Crippen LogP contribution is -2.30. The molecule has 41 heavy (non-hydrogen) atoms. The Morgan fingerprint density at radius 3 is 1.49 bits per heavy atom. The molecule has 0 fully saturated rings. The van der Waals surface area contributed by atoms with Gasteiger partial charge in [0.1, 0.15) is 22.7 Å². The number of hydrogen-bond acceptors (Lipinski definition) is 12. The van der Waals surface area contributed by atoms with E-state index in [1.165, 1.54) is 19.2 Å². The first-order chi connectivity index (χ1) is 18.6. The summed E-state index contributed by atoms with van der Waals surface area (Å²) in [4.78, 5) is 45.6. The summed E-state index contributed by atoms with van der Waals surface area (Å²) in [7, 11) is 1.30. The van der Waals surface area contributed by atoms with Crippen LogP contribution in [-0.2, 0) is 23.8 Å². The average molecular weight is 583 g/mol. The van der Waals surface area contributed by atoms with Crippen LogP contribution in [0, 0.1) is 0 Å². The SMILES string of the molecule is CC(C)(C)OC(=O)COc1cccc(C(=O)NN)c1.COC(=O)c1cccc(OCC(=O)OC(C)(C)C)c1.NN.O. The molecule has 2 aromatic rings. The number of benzene rings is 2. The maximum atomic E-state index is 11.5. The first-order valence-corrected chi connectivity index (χ1v) is 12.0. The largest absolute Gasteiger partial charge is 0.482 e. The summed E-state index contributed by atoms with van der Waals surface area (Å²) in [5.41, 5.74) is 1.63. The van der Waals surface area contributed by atoms with Crippen molar-refractivity contribution in [1.82, 2.24) is 5.43 Å². The van der Waals surface area contributed by atoms with Crippen molar-refractivity contribution in [2.24, 2.45) is 17.5 Å². The summed E-state index contributed by atoms with van der Waals surface area (Å²) in [5, 5.41) is 0. The van der Waals surface area contributed by atoms with Crippen LogP contribution in [0.4, 0.5) is 0 Å². The lowest BCUT2D eigenvalue weighted by atomic mass is 10.2. The number of nitrogens with one attached hydrogen (secondary N) is 1. The molecule has 2 rings (SSSR count). The molecule has 14 heteroatoms. The van der Waals surface area contributed by atoms with Crippen molar-refractivity contribution in [2.75, 3.05) is 20.3 Å². The Bertz CT molecular complexity index is 1020. The minimum atomic E-state index is -0.554. The van der Waals surface area contributed by atoms with Gasteiger partial charge in [-0.05, 0) is 77.9 Å². The molecular formula is C27H42N4O10. The highest BCUT2D eigenvalue weighted by molar-refractivity contribution is 5.94. The number of methoxy groups -OCH3 is 1. The van der Waals surface area contributed by atoms with Crippen molar-refractivity contribution >= 4 is 23.8 Å². The predicted molar refractivity (Wildman–Crippen MR) is 151 cm³/mol. The number of hydrogen-bond donors (Lipinski definition) is 4. The topological polar surface area (TPSA) is 236 Å². The highest BCUT2D eigenvalue weighted by Crippen LogP contribution is 2.16. The molecule has 0 spiro atoms. The molecular weight excluding hydrogens is 540 g/mol. The fourth-order valence-electron chi connectivity index (χ4n) is 2.67. The van der Waals surface area contributed by atoms with Crippen LogP contribution in [0.5, 0.6) is 11.5 Å². The van der Waals surface area contributed by atoms with Gasteiger partial charge in [-0.25, -0.2) is 20.2 Å². The molecule has 9 N–H and O–H groups in total. The molecule has 0 aliphatic rings. The quantitative estimate of drug-likeness (QED) is 0.113. The van der Waals surface area contributed by atoms with Crippen LogP contribution < -0.4 is 32.4 Å². The smallest absolute Gasteiger partial charge is 0.344 e. The van der Waals surface area contributed by atoms with Crippen LogP contribution in [0.3, 0.4) is 0 Å². The van der Waals surface area contributed by atoms with Gasteiger partial charge in [-0.15, -0.1) is 0 Å². The zero-order chi connectivity index (χ0) is 30.9. The van der Waals surface area contributed by atoms with Crippen molar-refractivity contribution < 1.29 is 48.3 Å². The van der Waals surface area contributed by atoms with E-state index in [2.05, 4.69) is 16.4 Å². The Morgan fingerprint density at radius 2 is 1.12 bits per heavy atom. The molecule has 0 heterocycles. The average Bonchev–Trinajstić information content (AvgIpc) is 2.89. The van der Waals surface area contributed by atoms with Gasteiger partial charge >= 0.3 is 17.9 Å². The second kappa shape index (κ2) is 18.9. The number of carbonyl (C=O) groups is 4. The van der Waals surface area contributed by atoms with Gasteiger partial charge in [-0.1, -0.05) is 12.1 Å². The van der Waals surface area contributed by atoms with E-state index in [4.69, 9.17) is 24.8 Å². The zero-order valence-electron chi connectivity index (χ0n) is 24.4. The van der Waals surface area contributed by atoms with E-state index >= 15 is 0 Å². The summed E-state index contributed by atoms with van der Waals surface area (Å²) in [6, 6.07) is 12.8. The van der Waals surface area contributed by atoms with Crippen LogP contribution in [0.2, 0.25) is 0 Å². The normalized spacial score (nSPS) is 10.1. The summed E-state index contributed by atoms with van der Waals surface area (Å²) >= 11 is 0. The van der Waals surface area contributed by atoms with Gasteiger partial charge in [0.2, 0.25) is 0 Å². The van der Waals surface area contributed by atoms with Gasteiger partial charge in [0.15, 0.2) is 13.2 Å². The predicted octanol–water partition coefficient (Wildman–Crippen LogP) is 1.20. The van der Waals surface area contributed by atoms with Gasteiger partial charge < -0.3 is 29.2 Å². The molecule has 0 aromatic heterocycles. The van der Waals surface area contributed by atoms with E-state index in [1.54, 1.807) is 77.9 Å². The van der Waals surface area contributed by atoms with Gasteiger partial charge in [-0.3, -0.25) is 21.9 Å². The maximum Gasteiger partial charge on any atom is 0.344 e. The first-order valence-electron chi connectivity index (χ1n) is 12.0. The molecule has 2 aromatic carbocycles. The molecule has 0 aliphatic carbocycles. The van der Waals surface area contributed by atoms with E-state index in [0.717, 1.165) is 0 Å². The number of hydrazine groups is 2. The van der Waals surface area contributed by atoms with Crippen LogP contribution >= 0.6 is 0 Å². The standard InChI is InChI=1S/C14H18O5.C13H18N2O4.H4N2.H2O/c1-14(2,3)19-12(15)9-18-11-7-5-6-10(8-11)13(16)17-4;1-13(2,3)19-11(16)8-18-10-6-4-5-9(7-10)12(17)15-14;1-2;/h5-8H,9H2,1-4H3;4-7H,8,14H2,1-3H3,(H,15,17);1-2H2;1H2. The number of esters is 3. The molecule has 1 amide bonds. The van der Waals surface area contributed by atoms with E-state index in [-0.39, 0.29) is 18.7 Å². The van der Waals surface area contributed by atoms with Crippen LogP contribution in [0.25, 0.3) is 0 Å². The van der Waals surface area contributed by atoms with E-state index < -0.39 is 35.0 Å². The highest BCUT2D eigenvalue weighted by Gasteiger charge is 2.18. The zero-order valence-corrected chi connectivity index (χ0v) is 24.4. The molecule has 0 saturated heterocycles. The number of nitrogen functional groups attached to an aromatic ring is 1. The number of carbonyl (C=O) groups excluding carboxylic acids is 4. The Balaban J connectivity index is 0. The molecule has 0 radical (unpaired) electrons. The third kappa shape index (κ3) is 17.9. The fourth-order valence-corrected chi connectivity index (χ4v) is 2.67. The monoisotopic (exact) mass is 582 g/mol. The lowest BCUT2D eigenvalue weighted by molar-refractivity contribution is -0.158. The lowest BCUT2D eigenvalue weighted by Gasteiger charge is -2.19. The fraction of sp³-hybridized carbons (Fsp3) is 0.407.